The van der Waals surface area contributed by atoms with Crippen LogP contribution in [0.15, 0.2) is 0 Å². The molecule has 0 spiro atoms. The topological polar surface area (TPSA) is 61.4 Å². The first kappa shape index (κ1) is 13.5. The van der Waals surface area contributed by atoms with Crippen molar-refractivity contribution in [2.45, 2.75) is 51.6 Å². The van der Waals surface area contributed by atoms with Gasteiger partial charge in [-0.05, 0) is 33.2 Å². The summed E-state index contributed by atoms with van der Waals surface area (Å²) < 4.78 is 0. The molecule has 2 atom stereocenters. The first-order chi connectivity index (χ1) is 7.51. The number of hydrogen-bond donors (Lipinski definition) is 3. The molecule has 2 unspecified atom stereocenters. The molecule has 1 aliphatic carbocycles. The second-order valence-electron chi connectivity index (χ2n) is 5.11. The molecule has 1 amide bonds. The van der Waals surface area contributed by atoms with Crippen LogP contribution >= 0.6 is 0 Å². The molecule has 16 heavy (non-hydrogen) atoms. The number of amides is 1. The van der Waals surface area contributed by atoms with Gasteiger partial charge in [-0.3, -0.25) is 4.79 Å². The van der Waals surface area contributed by atoms with Crippen LogP contribution < -0.4 is 10.6 Å². The highest BCUT2D eigenvalue weighted by atomic mass is 16.3. The van der Waals surface area contributed by atoms with Crippen LogP contribution in [-0.2, 0) is 4.79 Å². The Morgan fingerprint density at radius 1 is 1.44 bits per heavy atom. The largest absolute Gasteiger partial charge is 0.396 e. The van der Waals surface area contributed by atoms with Crippen LogP contribution in [0.3, 0.4) is 0 Å². The highest BCUT2D eigenvalue weighted by molar-refractivity contribution is 5.85. The zero-order chi connectivity index (χ0) is 12.2. The van der Waals surface area contributed by atoms with Crippen LogP contribution in [0.4, 0.5) is 0 Å². The molecule has 0 aromatic heterocycles. The van der Waals surface area contributed by atoms with Gasteiger partial charge in [0.05, 0.1) is 5.54 Å². The second kappa shape index (κ2) is 5.64. The molecule has 94 valence electrons. The Morgan fingerprint density at radius 3 is 2.69 bits per heavy atom. The number of aliphatic hydroxyl groups is 1. The van der Waals surface area contributed by atoms with Crippen LogP contribution in [0.1, 0.15) is 40.0 Å². The fourth-order valence-electron chi connectivity index (χ4n) is 2.32. The summed E-state index contributed by atoms with van der Waals surface area (Å²) >= 11 is 0. The van der Waals surface area contributed by atoms with Gasteiger partial charge in [-0.1, -0.05) is 13.3 Å². The average molecular weight is 228 g/mol. The second-order valence-corrected chi connectivity index (χ2v) is 5.11. The predicted molar refractivity (Wildman–Crippen MR) is 64.1 cm³/mol. The maximum absolute atomic E-state index is 12.0. The molecular weight excluding hydrogens is 204 g/mol. The number of hydrogen-bond acceptors (Lipinski definition) is 3. The molecule has 0 aliphatic heterocycles. The van der Waals surface area contributed by atoms with Gasteiger partial charge in [0.2, 0.25) is 5.91 Å². The minimum absolute atomic E-state index is 0.0275. The minimum atomic E-state index is -0.530. The van der Waals surface area contributed by atoms with Gasteiger partial charge in [0, 0.05) is 18.6 Å². The van der Waals surface area contributed by atoms with E-state index in [1.54, 1.807) is 0 Å². The van der Waals surface area contributed by atoms with E-state index >= 15 is 0 Å². The third-order valence-electron chi connectivity index (χ3n) is 3.40. The van der Waals surface area contributed by atoms with Gasteiger partial charge in [-0.25, -0.2) is 0 Å². The summed E-state index contributed by atoms with van der Waals surface area (Å²) in [5.74, 6) is 0.265. The SMILES string of the molecule is CCNC(C)(C)C(=O)NC1CCCC1CO. The summed E-state index contributed by atoms with van der Waals surface area (Å²) in [5, 5.41) is 15.4. The summed E-state index contributed by atoms with van der Waals surface area (Å²) in [7, 11) is 0. The zero-order valence-electron chi connectivity index (χ0n) is 10.5. The van der Waals surface area contributed by atoms with Crippen molar-refractivity contribution >= 4 is 5.91 Å². The minimum Gasteiger partial charge on any atom is -0.396 e. The molecule has 0 heterocycles. The van der Waals surface area contributed by atoms with E-state index in [1.807, 2.05) is 20.8 Å². The van der Waals surface area contributed by atoms with E-state index in [4.69, 9.17) is 0 Å². The molecule has 1 saturated carbocycles. The van der Waals surface area contributed by atoms with Crippen molar-refractivity contribution in [1.29, 1.82) is 0 Å². The quantitative estimate of drug-likeness (QED) is 0.647. The smallest absolute Gasteiger partial charge is 0.239 e. The Kier molecular flexibility index (Phi) is 4.74. The van der Waals surface area contributed by atoms with E-state index < -0.39 is 5.54 Å². The molecule has 0 aromatic carbocycles. The number of rotatable bonds is 5. The molecule has 1 rings (SSSR count). The van der Waals surface area contributed by atoms with E-state index in [0.29, 0.717) is 0 Å². The third kappa shape index (κ3) is 3.19. The van der Waals surface area contributed by atoms with Crippen molar-refractivity contribution in [2.24, 2.45) is 5.92 Å². The van der Waals surface area contributed by atoms with E-state index in [0.717, 1.165) is 25.8 Å². The number of nitrogens with one attached hydrogen (secondary N) is 2. The zero-order valence-corrected chi connectivity index (χ0v) is 10.5. The molecule has 0 saturated heterocycles. The lowest BCUT2D eigenvalue weighted by Gasteiger charge is -2.28. The number of aliphatic hydroxyl groups excluding tert-OH is 1. The van der Waals surface area contributed by atoms with Crippen molar-refractivity contribution in [3.8, 4) is 0 Å². The summed E-state index contributed by atoms with van der Waals surface area (Å²) in [6.07, 6.45) is 3.10. The summed E-state index contributed by atoms with van der Waals surface area (Å²) in [4.78, 5) is 12.0. The average Bonchev–Trinajstić information content (AvgIpc) is 2.65. The van der Waals surface area contributed by atoms with Crippen LogP contribution in [0.25, 0.3) is 0 Å². The maximum atomic E-state index is 12.0. The van der Waals surface area contributed by atoms with Crippen molar-refractivity contribution in [2.75, 3.05) is 13.2 Å². The van der Waals surface area contributed by atoms with E-state index in [2.05, 4.69) is 10.6 Å². The maximum Gasteiger partial charge on any atom is 0.239 e. The fourth-order valence-corrected chi connectivity index (χ4v) is 2.32. The van der Waals surface area contributed by atoms with Gasteiger partial charge < -0.3 is 15.7 Å². The Labute approximate surface area is 97.8 Å². The van der Waals surface area contributed by atoms with E-state index in [9.17, 15) is 9.90 Å². The lowest BCUT2D eigenvalue weighted by Crippen LogP contribution is -2.55. The summed E-state index contributed by atoms with van der Waals surface area (Å²) in [5.41, 5.74) is -0.530. The van der Waals surface area contributed by atoms with Crippen LogP contribution in [0.5, 0.6) is 0 Å². The highest BCUT2D eigenvalue weighted by Gasteiger charge is 2.33. The first-order valence-corrected chi connectivity index (χ1v) is 6.18. The monoisotopic (exact) mass is 228 g/mol. The Balaban J connectivity index is 2.50. The van der Waals surface area contributed by atoms with Gasteiger partial charge >= 0.3 is 0 Å². The van der Waals surface area contributed by atoms with E-state index in [1.165, 1.54) is 0 Å². The molecule has 4 heteroatoms. The summed E-state index contributed by atoms with van der Waals surface area (Å²) in [6, 6.07) is 0.149. The predicted octanol–water partition coefficient (Wildman–Crippen LogP) is 0.652. The van der Waals surface area contributed by atoms with Gasteiger partial charge in [0.25, 0.3) is 0 Å². The first-order valence-electron chi connectivity index (χ1n) is 6.18. The number of carbonyl (C=O) groups is 1. The highest BCUT2D eigenvalue weighted by Crippen LogP contribution is 2.25. The Bertz CT molecular complexity index is 241. The number of likely N-dealkylation sites (N-methyl/N-ethyl adjacent to an activating group) is 1. The molecule has 0 radical (unpaired) electrons. The van der Waals surface area contributed by atoms with Crippen molar-refractivity contribution in [3.63, 3.8) is 0 Å². The molecular formula is C12H24N2O2. The third-order valence-corrected chi connectivity index (χ3v) is 3.40. The van der Waals surface area contributed by atoms with Crippen LogP contribution in [0, 0.1) is 5.92 Å². The van der Waals surface area contributed by atoms with Crippen LogP contribution in [-0.4, -0.2) is 35.7 Å². The van der Waals surface area contributed by atoms with Crippen LogP contribution in [0.2, 0.25) is 0 Å². The number of carbonyl (C=O) groups excluding carboxylic acids is 1. The van der Waals surface area contributed by atoms with Gasteiger partial charge in [-0.15, -0.1) is 0 Å². The van der Waals surface area contributed by atoms with Crippen molar-refractivity contribution in [3.05, 3.63) is 0 Å². The lowest BCUT2D eigenvalue weighted by atomic mass is 10.0. The molecule has 0 bridgehead atoms. The molecule has 4 nitrogen and oxygen atoms in total. The molecule has 1 fully saturated rings. The van der Waals surface area contributed by atoms with Crippen molar-refractivity contribution in [1.82, 2.24) is 10.6 Å². The van der Waals surface area contributed by atoms with Gasteiger partial charge in [0.15, 0.2) is 0 Å². The lowest BCUT2D eigenvalue weighted by molar-refractivity contribution is -0.127. The van der Waals surface area contributed by atoms with Gasteiger partial charge in [0.1, 0.15) is 0 Å². The Morgan fingerprint density at radius 2 is 2.12 bits per heavy atom. The van der Waals surface area contributed by atoms with Gasteiger partial charge in [-0.2, -0.15) is 0 Å². The molecule has 1 aliphatic rings. The Hall–Kier alpha value is -0.610. The normalized spacial score (nSPS) is 25.8. The standard InChI is InChI=1S/C12H24N2O2/c1-4-13-12(2,3)11(16)14-10-7-5-6-9(10)8-15/h9-10,13,15H,4-8H2,1-3H3,(H,14,16). The molecule has 3 N–H and O–H groups in total. The van der Waals surface area contributed by atoms with E-state index in [-0.39, 0.29) is 24.5 Å². The summed E-state index contributed by atoms with van der Waals surface area (Å²) in [6.45, 7) is 6.70. The van der Waals surface area contributed by atoms with Crippen molar-refractivity contribution < 1.29 is 9.90 Å². The molecule has 0 aromatic rings. The fraction of sp³-hybridized carbons (Fsp3) is 0.917.